The second kappa shape index (κ2) is 11.3. The Bertz CT molecular complexity index is 1140. The molecule has 1 aliphatic heterocycles. The van der Waals surface area contributed by atoms with Gasteiger partial charge in [-0.3, -0.25) is 14.4 Å². The van der Waals surface area contributed by atoms with Gasteiger partial charge in [0.25, 0.3) is 0 Å². The van der Waals surface area contributed by atoms with E-state index < -0.39 is 41.7 Å². The van der Waals surface area contributed by atoms with Gasteiger partial charge in [0.2, 0.25) is 11.8 Å². The summed E-state index contributed by atoms with van der Waals surface area (Å²) in [5, 5.41) is 13.7. The Morgan fingerprint density at radius 2 is 1.78 bits per heavy atom. The summed E-state index contributed by atoms with van der Waals surface area (Å²) in [5.74, 6) is -3.47. The molecule has 7 nitrogen and oxygen atoms in total. The fourth-order valence-electron chi connectivity index (χ4n) is 5.53. The van der Waals surface area contributed by atoms with E-state index in [1.54, 1.807) is 31.2 Å². The minimum absolute atomic E-state index is 0.189. The maximum Gasteiger partial charge on any atom is 0.310 e. The standard InChI is InChI=1S/C28H31ClN2O5/c1-3-17-14-15-19-24(23(17)28(35)36-4-2)27(34)31(22(16-32)18-10-6-5-7-11-18)25(19)26(33)30-21-13-9-8-12-20(21)29/h5-15,17,19,22-25,32H,3-4,16H2,1-2H3,(H,30,33)/t17-,19+,22-,23-,24-,25+/m1/s1. The number of para-hydroxylation sites is 1. The molecule has 1 heterocycles. The van der Waals surface area contributed by atoms with E-state index in [0.29, 0.717) is 22.7 Å². The number of fused-ring (bicyclic) bond motifs is 1. The molecule has 36 heavy (non-hydrogen) atoms. The van der Waals surface area contributed by atoms with Crippen molar-refractivity contribution in [2.24, 2.45) is 23.7 Å². The zero-order valence-corrected chi connectivity index (χ0v) is 21.1. The van der Waals surface area contributed by atoms with E-state index in [4.69, 9.17) is 16.3 Å². The Morgan fingerprint density at radius 3 is 2.42 bits per heavy atom. The highest BCUT2D eigenvalue weighted by Crippen LogP contribution is 2.48. The summed E-state index contributed by atoms with van der Waals surface area (Å²) in [6.07, 6.45) is 4.45. The van der Waals surface area contributed by atoms with Crippen molar-refractivity contribution in [1.82, 2.24) is 4.90 Å². The van der Waals surface area contributed by atoms with Crippen LogP contribution in [0.2, 0.25) is 5.02 Å². The first kappa shape index (κ1) is 25.9. The smallest absolute Gasteiger partial charge is 0.310 e. The van der Waals surface area contributed by atoms with Gasteiger partial charge in [-0.05, 0) is 37.0 Å². The normalized spacial score (nSPS) is 25.8. The van der Waals surface area contributed by atoms with Crippen molar-refractivity contribution in [3.05, 3.63) is 77.3 Å². The number of ether oxygens (including phenoxy) is 1. The van der Waals surface area contributed by atoms with Crippen LogP contribution in [-0.4, -0.2) is 47.0 Å². The number of allylic oxidation sites excluding steroid dienone is 1. The Kier molecular flexibility index (Phi) is 8.11. The number of amides is 2. The van der Waals surface area contributed by atoms with Gasteiger partial charge in [0.15, 0.2) is 0 Å². The molecule has 0 bridgehead atoms. The molecule has 2 aromatic rings. The van der Waals surface area contributed by atoms with Gasteiger partial charge < -0.3 is 20.1 Å². The van der Waals surface area contributed by atoms with Gasteiger partial charge in [-0.25, -0.2) is 0 Å². The molecule has 2 aromatic carbocycles. The SMILES string of the molecule is CCOC(=O)[C@H]1[C@@H]2C(=O)N([C@H](CO)c3ccccc3)[C@H](C(=O)Nc3ccccc3Cl)[C@H]2C=C[C@H]1CC. The van der Waals surface area contributed by atoms with Gasteiger partial charge in [0.05, 0.1) is 41.8 Å². The predicted molar refractivity (Wildman–Crippen MR) is 137 cm³/mol. The quantitative estimate of drug-likeness (QED) is 0.409. The molecular formula is C28H31ClN2O5. The monoisotopic (exact) mass is 510 g/mol. The summed E-state index contributed by atoms with van der Waals surface area (Å²) in [5.41, 5.74) is 1.12. The van der Waals surface area contributed by atoms with Gasteiger partial charge in [0.1, 0.15) is 6.04 Å². The molecule has 2 aliphatic rings. The fraction of sp³-hybridized carbons (Fsp3) is 0.393. The number of anilines is 1. The van der Waals surface area contributed by atoms with Crippen molar-refractivity contribution in [2.45, 2.75) is 32.4 Å². The molecule has 190 valence electrons. The van der Waals surface area contributed by atoms with Crippen LogP contribution in [0.25, 0.3) is 0 Å². The summed E-state index contributed by atoms with van der Waals surface area (Å²) in [7, 11) is 0. The van der Waals surface area contributed by atoms with E-state index in [9.17, 15) is 19.5 Å². The lowest BCUT2D eigenvalue weighted by Gasteiger charge is -2.34. The number of halogens is 1. The van der Waals surface area contributed by atoms with Crippen molar-refractivity contribution < 1.29 is 24.2 Å². The summed E-state index contributed by atoms with van der Waals surface area (Å²) >= 11 is 6.29. The molecule has 2 amide bonds. The van der Waals surface area contributed by atoms with Crippen LogP contribution in [0.4, 0.5) is 5.69 Å². The number of aliphatic hydroxyl groups excluding tert-OH is 1. The van der Waals surface area contributed by atoms with E-state index in [0.717, 1.165) is 0 Å². The Morgan fingerprint density at radius 1 is 1.08 bits per heavy atom. The minimum atomic E-state index is -0.956. The third kappa shape index (κ3) is 4.77. The number of hydrogen-bond acceptors (Lipinski definition) is 5. The molecule has 0 saturated carbocycles. The Balaban J connectivity index is 1.80. The second-order valence-electron chi connectivity index (χ2n) is 9.11. The molecule has 1 fully saturated rings. The number of nitrogens with one attached hydrogen (secondary N) is 1. The van der Waals surface area contributed by atoms with Gasteiger partial charge in [-0.1, -0.05) is 73.1 Å². The van der Waals surface area contributed by atoms with Gasteiger partial charge >= 0.3 is 5.97 Å². The molecule has 0 unspecified atom stereocenters. The molecular weight excluding hydrogens is 480 g/mol. The maximum atomic E-state index is 14.1. The van der Waals surface area contributed by atoms with Crippen LogP contribution in [0.3, 0.4) is 0 Å². The van der Waals surface area contributed by atoms with Crippen LogP contribution in [-0.2, 0) is 19.1 Å². The van der Waals surface area contributed by atoms with E-state index in [1.807, 2.05) is 49.4 Å². The molecule has 2 N–H and O–H groups in total. The topological polar surface area (TPSA) is 95.9 Å². The number of likely N-dealkylation sites (tertiary alicyclic amines) is 1. The average molecular weight is 511 g/mol. The number of esters is 1. The van der Waals surface area contributed by atoms with Crippen LogP contribution in [0, 0.1) is 23.7 Å². The fourth-order valence-corrected chi connectivity index (χ4v) is 5.71. The number of nitrogens with zero attached hydrogens (tertiary/aromatic N) is 1. The van der Waals surface area contributed by atoms with Gasteiger partial charge in [-0.15, -0.1) is 0 Å². The first-order chi connectivity index (χ1) is 17.4. The summed E-state index contributed by atoms with van der Waals surface area (Å²) in [4.78, 5) is 42.4. The predicted octanol–water partition coefficient (Wildman–Crippen LogP) is 4.23. The van der Waals surface area contributed by atoms with Crippen molar-refractivity contribution in [1.29, 1.82) is 0 Å². The number of aliphatic hydroxyl groups is 1. The maximum absolute atomic E-state index is 14.1. The highest BCUT2D eigenvalue weighted by Gasteiger charge is 2.59. The van der Waals surface area contributed by atoms with Gasteiger partial charge in [0, 0.05) is 5.92 Å². The Hall–Kier alpha value is -3.16. The largest absolute Gasteiger partial charge is 0.466 e. The van der Waals surface area contributed by atoms with Crippen molar-refractivity contribution in [3.8, 4) is 0 Å². The zero-order valence-electron chi connectivity index (χ0n) is 20.3. The molecule has 0 radical (unpaired) electrons. The molecule has 0 aromatic heterocycles. The lowest BCUT2D eigenvalue weighted by Crippen LogP contribution is -2.47. The third-order valence-electron chi connectivity index (χ3n) is 7.17. The summed E-state index contributed by atoms with van der Waals surface area (Å²) in [6, 6.07) is 14.3. The molecule has 1 aliphatic carbocycles. The van der Waals surface area contributed by atoms with E-state index in [2.05, 4.69) is 5.32 Å². The van der Waals surface area contributed by atoms with Crippen LogP contribution in [0.5, 0.6) is 0 Å². The number of carbonyl (C=O) groups is 3. The highest BCUT2D eigenvalue weighted by molar-refractivity contribution is 6.33. The lowest BCUT2D eigenvalue weighted by atomic mass is 9.69. The number of carbonyl (C=O) groups excluding carboxylic acids is 3. The average Bonchev–Trinajstić information content (AvgIpc) is 3.18. The zero-order chi connectivity index (χ0) is 25.8. The van der Waals surface area contributed by atoms with Crippen molar-refractivity contribution >= 4 is 35.1 Å². The summed E-state index contributed by atoms with van der Waals surface area (Å²) < 4.78 is 5.37. The van der Waals surface area contributed by atoms with Crippen molar-refractivity contribution in [3.63, 3.8) is 0 Å². The van der Waals surface area contributed by atoms with Gasteiger partial charge in [-0.2, -0.15) is 0 Å². The van der Waals surface area contributed by atoms with Crippen LogP contribution < -0.4 is 5.32 Å². The third-order valence-corrected chi connectivity index (χ3v) is 7.50. The molecule has 6 atom stereocenters. The minimum Gasteiger partial charge on any atom is -0.466 e. The first-order valence-corrected chi connectivity index (χ1v) is 12.7. The summed E-state index contributed by atoms with van der Waals surface area (Å²) in [6.45, 7) is 3.51. The van der Waals surface area contributed by atoms with Crippen LogP contribution >= 0.6 is 11.6 Å². The molecule has 0 spiro atoms. The Labute approximate surface area is 216 Å². The number of rotatable bonds is 8. The second-order valence-corrected chi connectivity index (χ2v) is 9.51. The molecule has 4 rings (SSSR count). The van der Waals surface area contributed by atoms with E-state index >= 15 is 0 Å². The van der Waals surface area contributed by atoms with E-state index in [-0.39, 0.29) is 25.0 Å². The first-order valence-electron chi connectivity index (χ1n) is 12.3. The number of hydrogen-bond donors (Lipinski definition) is 2. The van der Waals surface area contributed by atoms with E-state index in [1.165, 1.54) is 4.90 Å². The van der Waals surface area contributed by atoms with Crippen LogP contribution in [0.1, 0.15) is 31.9 Å². The lowest BCUT2D eigenvalue weighted by molar-refractivity contribution is -0.156. The van der Waals surface area contributed by atoms with Crippen LogP contribution in [0.15, 0.2) is 66.7 Å². The van der Waals surface area contributed by atoms with Crippen molar-refractivity contribution in [2.75, 3.05) is 18.5 Å². The molecule has 8 heteroatoms. The molecule has 1 saturated heterocycles. The highest BCUT2D eigenvalue weighted by atomic mass is 35.5. The number of benzene rings is 2.